The maximum atomic E-state index is 4.68. The summed E-state index contributed by atoms with van der Waals surface area (Å²) in [6.45, 7) is 6.24. The quantitative estimate of drug-likeness (QED) is 0.171. The van der Waals surface area contributed by atoms with Crippen LogP contribution in [-0.4, -0.2) is 16.2 Å². The van der Waals surface area contributed by atoms with E-state index in [1.165, 1.54) is 11.3 Å². The van der Waals surface area contributed by atoms with Gasteiger partial charge in [0, 0.05) is 33.3 Å². The number of fused-ring (bicyclic) bond motifs is 2. The van der Waals surface area contributed by atoms with E-state index in [2.05, 4.69) is 78.2 Å². The second-order valence-electron chi connectivity index (χ2n) is 10.0. The van der Waals surface area contributed by atoms with Crippen molar-refractivity contribution in [2.45, 2.75) is 33.2 Å². The molecule has 1 N–H and O–H groups in total. The van der Waals surface area contributed by atoms with Crippen molar-refractivity contribution in [3.63, 3.8) is 0 Å². The zero-order chi connectivity index (χ0) is 29.6. The minimum atomic E-state index is 0.380. The number of hydrogen-bond donors (Lipinski definition) is 1. The predicted molar refractivity (Wildman–Crippen MR) is 175 cm³/mol. The molecular formula is C33H29N9S. The van der Waals surface area contributed by atoms with Crippen molar-refractivity contribution in [1.82, 2.24) is 10.2 Å². The van der Waals surface area contributed by atoms with Crippen LogP contribution >= 0.6 is 11.3 Å². The Hall–Kier alpha value is -5.22. The van der Waals surface area contributed by atoms with Crippen molar-refractivity contribution in [2.24, 2.45) is 30.7 Å². The molecule has 0 fully saturated rings. The Morgan fingerprint density at radius 3 is 1.63 bits per heavy atom. The van der Waals surface area contributed by atoms with Gasteiger partial charge in [-0.15, -0.1) is 35.8 Å². The highest BCUT2D eigenvalue weighted by Crippen LogP contribution is 2.37. The van der Waals surface area contributed by atoms with E-state index < -0.39 is 0 Å². The Kier molecular flexibility index (Phi) is 8.28. The molecule has 1 atom stereocenters. The molecule has 6 rings (SSSR count). The molecule has 9 nitrogen and oxygen atoms in total. The lowest BCUT2D eigenvalue weighted by Gasteiger charge is -2.15. The van der Waals surface area contributed by atoms with Gasteiger partial charge in [-0.2, -0.15) is 5.11 Å². The van der Waals surface area contributed by atoms with Gasteiger partial charge in [-0.05, 0) is 68.8 Å². The van der Waals surface area contributed by atoms with Gasteiger partial charge in [0.2, 0.25) is 0 Å². The van der Waals surface area contributed by atoms with Gasteiger partial charge in [-0.1, -0.05) is 66.8 Å². The smallest absolute Gasteiger partial charge is 0.251 e. The van der Waals surface area contributed by atoms with E-state index in [1.807, 2.05) is 85.8 Å². The predicted octanol–water partition coefficient (Wildman–Crippen LogP) is 11.6. The Morgan fingerprint density at radius 1 is 0.605 bits per heavy atom. The molecule has 1 unspecified atom stereocenters. The first kappa shape index (κ1) is 27.9. The number of benzene rings is 5. The summed E-state index contributed by atoms with van der Waals surface area (Å²) in [5, 5.41) is 43.6. The standard InChI is InChI=1S/C33H29N9S/c1-4-21(2)34-29-17-18-31(26-10-6-5-9-25(26)29)39-40-32-20-19-30(27-11-7-8-12-28(27)32)38-36-23-13-15-24(16-14-23)37-42-33-41-35-22(3)43-33/h5-21,34H,4H2,1-3H3. The minimum Gasteiger partial charge on any atom is -0.382 e. The fraction of sp³-hybridized carbons (Fsp3) is 0.152. The van der Waals surface area contributed by atoms with E-state index in [0.717, 1.165) is 55.7 Å². The third-order valence-electron chi connectivity index (χ3n) is 6.95. The van der Waals surface area contributed by atoms with Crippen molar-refractivity contribution in [3.8, 4) is 0 Å². The Labute approximate surface area is 253 Å². The number of aromatic nitrogens is 2. The molecule has 10 heteroatoms. The summed E-state index contributed by atoms with van der Waals surface area (Å²) in [5.74, 6) is 0. The van der Waals surface area contributed by atoms with E-state index in [9.17, 15) is 0 Å². The summed E-state index contributed by atoms with van der Waals surface area (Å²) < 4.78 is 0. The van der Waals surface area contributed by atoms with Crippen LogP contribution < -0.4 is 5.32 Å². The second kappa shape index (κ2) is 12.7. The summed E-state index contributed by atoms with van der Waals surface area (Å²) in [7, 11) is 0. The summed E-state index contributed by atoms with van der Waals surface area (Å²) in [4.78, 5) is 0. The number of aryl methyl sites for hydroxylation is 1. The molecule has 0 saturated carbocycles. The largest absolute Gasteiger partial charge is 0.382 e. The molecule has 0 spiro atoms. The molecule has 0 aliphatic carbocycles. The van der Waals surface area contributed by atoms with Crippen LogP contribution in [0.4, 0.5) is 39.3 Å². The fourth-order valence-corrected chi connectivity index (χ4v) is 5.05. The lowest BCUT2D eigenvalue weighted by Crippen LogP contribution is -2.13. The SMILES string of the molecule is CCC(C)Nc1ccc(N=Nc2ccc(N=Nc3ccc(N=Nc4nnc(C)s4)cc3)c3ccccc23)c2ccccc12. The topological polar surface area (TPSA) is 112 Å². The number of nitrogens with one attached hydrogen (secondary N) is 1. The average Bonchev–Trinajstić information content (AvgIpc) is 3.47. The van der Waals surface area contributed by atoms with Gasteiger partial charge in [0.1, 0.15) is 5.01 Å². The third-order valence-corrected chi connectivity index (χ3v) is 7.67. The maximum Gasteiger partial charge on any atom is 0.251 e. The first-order valence-electron chi connectivity index (χ1n) is 14.0. The molecule has 0 saturated heterocycles. The molecule has 1 heterocycles. The van der Waals surface area contributed by atoms with Crippen molar-refractivity contribution in [1.29, 1.82) is 0 Å². The van der Waals surface area contributed by atoms with Gasteiger partial charge < -0.3 is 5.32 Å². The van der Waals surface area contributed by atoms with Crippen molar-refractivity contribution in [2.75, 3.05) is 5.32 Å². The summed E-state index contributed by atoms with van der Waals surface area (Å²) in [6.07, 6.45) is 1.05. The highest BCUT2D eigenvalue weighted by molar-refractivity contribution is 7.14. The van der Waals surface area contributed by atoms with Crippen LogP contribution in [0, 0.1) is 6.92 Å². The molecule has 5 aromatic carbocycles. The zero-order valence-corrected chi connectivity index (χ0v) is 24.8. The zero-order valence-electron chi connectivity index (χ0n) is 24.0. The normalized spacial score (nSPS) is 12.7. The fourth-order valence-electron chi connectivity index (χ4n) is 4.54. The lowest BCUT2D eigenvalue weighted by molar-refractivity contribution is 0.765. The van der Waals surface area contributed by atoms with Crippen LogP contribution in [0.5, 0.6) is 0 Å². The van der Waals surface area contributed by atoms with E-state index in [-0.39, 0.29) is 0 Å². The second-order valence-corrected chi connectivity index (χ2v) is 11.2. The molecule has 43 heavy (non-hydrogen) atoms. The Bertz CT molecular complexity index is 1980. The van der Waals surface area contributed by atoms with Crippen LogP contribution in [0.3, 0.4) is 0 Å². The van der Waals surface area contributed by atoms with Crippen molar-refractivity contribution in [3.05, 3.63) is 102 Å². The summed E-state index contributed by atoms with van der Waals surface area (Å²) in [5.41, 5.74) is 4.83. The van der Waals surface area contributed by atoms with Crippen LogP contribution in [-0.2, 0) is 0 Å². The molecule has 212 valence electrons. The van der Waals surface area contributed by atoms with Crippen molar-refractivity contribution >= 4 is 72.1 Å². The molecule has 0 aliphatic heterocycles. The van der Waals surface area contributed by atoms with Gasteiger partial charge in [-0.3, -0.25) is 0 Å². The number of nitrogens with zero attached hydrogens (tertiary/aromatic N) is 8. The van der Waals surface area contributed by atoms with E-state index in [1.54, 1.807) is 0 Å². The van der Waals surface area contributed by atoms with Crippen LogP contribution in [0.25, 0.3) is 21.5 Å². The number of hydrogen-bond acceptors (Lipinski definition) is 10. The van der Waals surface area contributed by atoms with Crippen LogP contribution in [0.1, 0.15) is 25.3 Å². The van der Waals surface area contributed by atoms with E-state index >= 15 is 0 Å². The number of azo groups is 3. The van der Waals surface area contributed by atoms with Crippen molar-refractivity contribution < 1.29 is 0 Å². The van der Waals surface area contributed by atoms with Crippen LogP contribution in [0.15, 0.2) is 128 Å². The minimum absolute atomic E-state index is 0.380. The van der Waals surface area contributed by atoms with E-state index in [4.69, 9.17) is 0 Å². The Morgan fingerprint density at radius 2 is 1.09 bits per heavy atom. The highest BCUT2D eigenvalue weighted by Gasteiger charge is 2.09. The first-order valence-corrected chi connectivity index (χ1v) is 14.8. The number of rotatable bonds is 9. The van der Waals surface area contributed by atoms with Gasteiger partial charge >= 0.3 is 0 Å². The van der Waals surface area contributed by atoms with Crippen LogP contribution in [0.2, 0.25) is 0 Å². The van der Waals surface area contributed by atoms with Gasteiger partial charge in [0.05, 0.1) is 28.4 Å². The molecule has 0 amide bonds. The lowest BCUT2D eigenvalue weighted by atomic mass is 10.1. The van der Waals surface area contributed by atoms with Gasteiger partial charge in [0.25, 0.3) is 5.13 Å². The highest BCUT2D eigenvalue weighted by atomic mass is 32.1. The third kappa shape index (κ3) is 6.49. The monoisotopic (exact) mass is 583 g/mol. The Balaban J connectivity index is 1.24. The molecule has 1 aromatic heterocycles. The molecule has 6 aromatic rings. The van der Waals surface area contributed by atoms with Gasteiger partial charge in [0.15, 0.2) is 0 Å². The maximum absolute atomic E-state index is 4.68. The van der Waals surface area contributed by atoms with Gasteiger partial charge in [-0.25, -0.2) is 0 Å². The average molecular weight is 584 g/mol. The summed E-state index contributed by atoms with van der Waals surface area (Å²) in [6, 6.07) is 32.0. The molecule has 0 radical (unpaired) electrons. The molecule has 0 aliphatic rings. The molecule has 0 bridgehead atoms. The molecular weight excluding hydrogens is 554 g/mol. The van der Waals surface area contributed by atoms with E-state index in [0.29, 0.717) is 22.5 Å². The number of anilines is 1. The first-order chi connectivity index (χ1) is 21.1. The summed E-state index contributed by atoms with van der Waals surface area (Å²) >= 11 is 1.39.